The Morgan fingerprint density at radius 2 is 0.873 bits per heavy atom. The van der Waals surface area contributed by atoms with Gasteiger partial charge >= 0.3 is 13.8 Å². The van der Waals surface area contributed by atoms with Crippen molar-refractivity contribution in [1.29, 1.82) is 0 Å². The normalized spacial score (nSPS) is 13.8. The minimum Gasteiger partial charge on any atom is -0.457 e. The topological polar surface area (TPSA) is 91.3 Å². The molecule has 0 amide bonds. The van der Waals surface area contributed by atoms with E-state index in [1.54, 1.807) is 0 Å². The van der Waals surface area contributed by atoms with Crippen LogP contribution in [0, 0.1) is 0 Å². The molecule has 0 rings (SSSR count). The molecule has 2 unspecified atom stereocenters. The fraction of sp³-hybridized carbons (Fsp3) is 0.870. The molecular weight excluding hydrogens is 806 g/mol. The predicted octanol–water partition coefficient (Wildman–Crippen LogP) is 16.5. The van der Waals surface area contributed by atoms with E-state index < -0.39 is 13.9 Å². The first kappa shape index (κ1) is 61.7. The van der Waals surface area contributed by atoms with Crippen molar-refractivity contribution in [1.82, 2.24) is 0 Å². The summed E-state index contributed by atoms with van der Waals surface area (Å²) in [5.41, 5.74) is 0. The Hall–Kier alpha value is -1.28. The molecule has 0 radical (unpaired) electrons. The van der Waals surface area contributed by atoms with Crippen molar-refractivity contribution in [3.63, 3.8) is 0 Å². The zero-order valence-corrected chi connectivity index (χ0v) is 43.2. The van der Waals surface area contributed by atoms with E-state index in [-0.39, 0.29) is 25.8 Å². The number of phosphoric acid groups is 1. The highest BCUT2D eigenvalue weighted by atomic mass is 31.2. The summed E-state index contributed by atoms with van der Waals surface area (Å²) in [5, 5.41) is 0. The highest BCUT2D eigenvalue weighted by Crippen LogP contribution is 2.43. The predicted molar refractivity (Wildman–Crippen MR) is 270 cm³/mol. The molecule has 0 heterocycles. The van der Waals surface area contributed by atoms with Gasteiger partial charge in [0.1, 0.15) is 19.3 Å². The number of allylic oxidation sites excluding steroid dienone is 6. The SMILES string of the molecule is CCCCC/C=C\C/C=C\CCCCCCCCCCCC(=O)OC(COCCCCCCCCCCCC/C=C\CCCCCCCCCC)COP(=O)(O)OCC[N+](C)(C)C. The molecule has 0 aromatic rings. The van der Waals surface area contributed by atoms with E-state index in [1.807, 2.05) is 21.1 Å². The Labute approximate surface area is 391 Å². The third kappa shape index (κ3) is 51.6. The molecule has 0 saturated carbocycles. The monoisotopic (exact) mass is 911 g/mol. The first-order chi connectivity index (χ1) is 30.6. The summed E-state index contributed by atoms with van der Waals surface area (Å²) in [6.07, 6.45) is 57.6. The van der Waals surface area contributed by atoms with Crippen LogP contribution in [0.1, 0.15) is 245 Å². The van der Waals surface area contributed by atoms with Crippen molar-refractivity contribution in [2.24, 2.45) is 0 Å². The fourth-order valence-corrected chi connectivity index (χ4v) is 8.26. The van der Waals surface area contributed by atoms with Crippen LogP contribution in [0.2, 0.25) is 0 Å². The quantitative estimate of drug-likeness (QED) is 0.0214. The molecule has 0 saturated heterocycles. The number of hydrogen-bond acceptors (Lipinski definition) is 6. The smallest absolute Gasteiger partial charge is 0.457 e. The molecule has 0 aliphatic rings. The van der Waals surface area contributed by atoms with Crippen molar-refractivity contribution < 1.29 is 37.3 Å². The molecule has 0 bridgehead atoms. The summed E-state index contributed by atoms with van der Waals surface area (Å²) >= 11 is 0. The van der Waals surface area contributed by atoms with Gasteiger partial charge in [-0.15, -0.1) is 0 Å². The number of nitrogens with zero attached hydrogens (tertiary/aromatic N) is 1. The Bertz CT molecular complexity index is 1100. The number of phosphoric ester groups is 1. The van der Waals surface area contributed by atoms with Gasteiger partial charge in [0.25, 0.3) is 0 Å². The molecule has 0 spiro atoms. The van der Waals surface area contributed by atoms with Gasteiger partial charge in [-0.05, 0) is 70.6 Å². The Balaban J connectivity index is 4.11. The van der Waals surface area contributed by atoms with Gasteiger partial charge in [0, 0.05) is 13.0 Å². The van der Waals surface area contributed by atoms with E-state index in [4.69, 9.17) is 18.5 Å². The molecule has 0 fully saturated rings. The van der Waals surface area contributed by atoms with Gasteiger partial charge in [-0.1, -0.05) is 204 Å². The Kier molecular flexibility index (Phi) is 46.3. The van der Waals surface area contributed by atoms with Gasteiger partial charge in [-0.3, -0.25) is 13.8 Å². The molecule has 1 N–H and O–H groups in total. The fourth-order valence-electron chi connectivity index (χ4n) is 7.52. The summed E-state index contributed by atoms with van der Waals surface area (Å²) in [4.78, 5) is 23.0. The number of quaternary nitrogens is 1. The summed E-state index contributed by atoms with van der Waals surface area (Å²) in [6.45, 7) is 5.63. The van der Waals surface area contributed by atoms with Gasteiger partial charge in [-0.2, -0.15) is 0 Å². The van der Waals surface area contributed by atoms with E-state index in [0.29, 0.717) is 24.1 Å². The summed E-state index contributed by atoms with van der Waals surface area (Å²) in [6, 6.07) is 0. The van der Waals surface area contributed by atoms with Crippen LogP contribution in [0.15, 0.2) is 36.5 Å². The van der Waals surface area contributed by atoms with Gasteiger partial charge in [0.05, 0.1) is 34.4 Å². The largest absolute Gasteiger partial charge is 0.472 e. The summed E-state index contributed by atoms with van der Waals surface area (Å²) < 4.78 is 35.2. The molecule has 63 heavy (non-hydrogen) atoms. The van der Waals surface area contributed by atoms with Gasteiger partial charge in [-0.25, -0.2) is 4.57 Å². The van der Waals surface area contributed by atoms with E-state index >= 15 is 0 Å². The number of carbonyl (C=O) groups is 1. The van der Waals surface area contributed by atoms with Crippen LogP contribution in [0.3, 0.4) is 0 Å². The molecule has 372 valence electrons. The van der Waals surface area contributed by atoms with Crippen molar-refractivity contribution in [2.45, 2.75) is 251 Å². The second-order valence-electron chi connectivity index (χ2n) is 19.3. The minimum absolute atomic E-state index is 0.0880. The van der Waals surface area contributed by atoms with Crippen molar-refractivity contribution in [3.05, 3.63) is 36.5 Å². The maximum atomic E-state index is 12.8. The van der Waals surface area contributed by atoms with Gasteiger partial charge in [0.2, 0.25) is 0 Å². The molecule has 8 nitrogen and oxygen atoms in total. The van der Waals surface area contributed by atoms with Crippen LogP contribution in [0.4, 0.5) is 0 Å². The van der Waals surface area contributed by atoms with Crippen LogP contribution in [-0.2, 0) is 27.9 Å². The zero-order valence-electron chi connectivity index (χ0n) is 42.3. The third-order valence-electron chi connectivity index (χ3n) is 11.7. The molecule has 0 aliphatic heterocycles. The van der Waals surface area contributed by atoms with Crippen LogP contribution in [0.5, 0.6) is 0 Å². The molecule has 0 aliphatic carbocycles. The minimum atomic E-state index is -4.28. The standard InChI is InChI=1S/C54H104NO7P/c1-6-8-10-12-14-16-18-20-22-24-26-27-28-30-32-34-36-38-40-42-44-46-49-59-51-53(52-61-63(57,58)60-50-48-55(3,4)5)62-54(56)47-45-43-41-39-37-35-33-31-29-25-23-21-19-17-15-13-11-9-7-2/h15,17,21,23-24,26,53H,6-14,16,18-20,22,25,27-52H2,1-5H3/p+1/b17-15-,23-21-,26-24-. The molecule has 9 heteroatoms. The lowest BCUT2D eigenvalue weighted by Gasteiger charge is -2.24. The van der Waals surface area contributed by atoms with Crippen LogP contribution in [0.25, 0.3) is 0 Å². The first-order valence-electron chi connectivity index (χ1n) is 26.7. The highest BCUT2D eigenvalue weighted by Gasteiger charge is 2.26. The van der Waals surface area contributed by atoms with E-state index in [1.165, 1.54) is 186 Å². The average Bonchev–Trinajstić information content (AvgIpc) is 3.24. The van der Waals surface area contributed by atoms with Crippen molar-refractivity contribution >= 4 is 13.8 Å². The van der Waals surface area contributed by atoms with Crippen LogP contribution >= 0.6 is 7.82 Å². The average molecular weight is 911 g/mol. The molecular formula is C54H105NO7P+. The maximum absolute atomic E-state index is 12.8. The lowest BCUT2D eigenvalue weighted by molar-refractivity contribution is -0.870. The molecule has 2 atom stereocenters. The number of rotatable bonds is 50. The molecule has 0 aromatic carbocycles. The van der Waals surface area contributed by atoms with Crippen LogP contribution < -0.4 is 0 Å². The van der Waals surface area contributed by atoms with E-state index in [0.717, 1.165) is 38.5 Å². The lowest BCUT2D eigenvalue weighted by Crippen LogP contribution is -2.37. The second-order valence-corrected chi connectivity index (χ2v) is 20.7. The lowest BCUT2D eigenvalue weighted by atomic mass is 10.1. The highest BCUT2D eigenvalue weighted by molar-refractivity contribution is 7.47. The number of esters is 1. The summed E-state index contributed by atoms with van der Waals surface area (Å²) in [7, 11) is 1.67. The first-order valence-corrected chi connectivity index (χ1v) is 28.2. The Morgan fingerprint density at radius 3 is 1.33 bits per heavy atom. The number of hydrogen-bond donors (Lipinski definition) is 1. The second kappa shape index (κ2) is 47.2. The van der Waals surface area contributed by atoms with Crippen LogP contribution in [-0.4, -0.2) is 75.6 Å². The number of carbonyl (C=O) groups excluding carboxylic acids is 1. The zero-order chi connectivity index (χ0) is 46.2. The molecule has 0 aromatic heterocycles. The van der Waals surface area contributed by atoms with Gasteiger partial charge in [0.15, 0.2) is 0 Å². The van der Waals surface area contributed by atoms with Crippen molar-refractivity contribution in [3.8, 4) is 0 Å². The third-order valence-corrected chi connectivity index (χ3v) is 12.7. The maximum Gasteiger partial charge on any atom is 0.472 e. The Morgan fingerprint density at radius 1 is 0.492 bits per heavy atom. The number of unbranched alkanes of at least 4 members (excludes halogenated alkanes) is 30. The summed E-state index contributed by atoms with van der Waals surface area (Å²) in [5.74, 6) is -0.316. The van der Waals surface area contributed by atoms with Gasteiger partial charge < -0.3 is 18.9 Å². The number of ether oxygens (including phenoxy) is 2. The van der Waals surface area contributed by atoms with E-state index in [9.17, 15) is 14.3 Å². The number of likely N-dealkylation sites (N-methyl/N-ethyl adjacent to an activating group) is 1. The van der Waals surface area contributed by atoms with Crippen molar-refractivity contribution in [2.75, 3.05) is 54.1 Å². The van der Waals surface area contributed by atoms with E-state index in [2.05, 4.69) is 50.3 Å².